The number of benzene rings is 9. The first-order valence-electron chi connectivity index (χ1n) is 22.6. The fraction of sp³-hybridized carbons (Fsp3) is 0. The quantitative estimate of drug-likeness (QED) is 0.151. The minimum absolute atomic E-state index is 0.517. The predicted molar refractivity (Wildman–Crippen MR) is 275 cm³/mol. The number of aromatic nitrogens is 8. The van der Waals surface area contributed by atoms with Gasteiger partial charge in [-0.2, -0.15) is 0 Å². The second-order valence-corrected chi connectivity index (χ2v) is 16.7. The number of para-hydroxylation sites is 4. The summed E-state index contributed by atoms with van der Waals surface area (Å²) in [4.78, 5) is 31.9. The molecule has 0 bridgehead atoms. The summed E-state index contributed by atoms with van der Waals surface area (Å²) in [5.74, 6) is 3.33. The molecule has 68 heavy (non-hydrogen) atoms. The molecule has 0 saturated heterocycles. The highest BCUT2D eigenvalue weighted by Gasteiger charge is 2.27. The van der Waals surface area contributed by atoms with E-state index in [0.717, 1.165) is 88.4 Å². The summed E-state index contributed by atoms with van der Waals surface area (Å²) in [5, 5.41) is 4.51. The van der Waals surface area contributed by atoms with Gasteiger partial charge in [-0.25, -0.2) is 29.9 Å². The van der Waals surface area contributed by atoms with E-state index in [1.165, 1.54) is 0 Å². The maximum absolute atomic E-state index is 5.48. The fourth-order valence-electron chi connectivity index (χ4n) is 9.54. The van der Waals surface area contributed by atoms with Gasteiger partial charge in [0, 0.05) is 49.4 Å². The second-order valence-electron chi connectivity index (χ2n) is 16.7. The molecule has 13 aromatic rings. The summed E-state index contributed by atoms with van der Waals surface area (Å²) in [7, 11) is 0. The molecule has 0 radical (unpaired) electrons. The number of nitrogens with zero attached hydrogens (tertiary/aromatic N) is 8. The van der Waals surface area contributed by atoms with E-state index in [2.05, 4.69) is 118 Å². The average molecular weight is 871 g/mol. The summed E-state index contributed by atoms with van der Waals surface area (Å²) >= 11 is 0. The third kappa shape index (κ3) is 6.62. The lowest BCUT2D eigenvalue weighted by Crippen LogP contribution is -2.09. The van der Waals surface area contributed by atoms with Crippen LogP contribution in [0.15, 0.2) is 231 Å². The number of hydrogen-bond acceptors (Lipinski definition) is 6. The minimum atomic E-state index is 0.517. The standard InChI is InChI=1S/C60H38N8/c1-5-21-39(22-6-1)55-61-56(40-23-7-2-8-24-40)64-59(63-55)43-37-52(67-48-33-17-13-29-44(48)45-30-14-18-34-49(45)67)54(53(38-43)68-50-35-19-15-31-46(50)47-32-16-20-36-51(47)68)60-65-57(41-25-9-3-10-26-41)62-58(66-60)42-27-11-4-12-28-42/h1-38H. The van der Waals surface area contributed by atoms with Gasteiger partial charge >= 0.3 is 0 Å². The Balaban J connectivity index is 1.23. The molecule has 0 spiro atoms. The molecule has 0 aliphatic heterocycles. The molecular weight excluding hydrogens is 833 g/mol. The maximum Gasteiger partial charge on any atom is 0.168 e. The van der Waals surface area contributed by atoms with Gasteiger partial charge in [0.05, 0.1) is 39.0 Å². The first-order chi connectivity index (χ1) is 33.7. The van der Waals surface area contributed by atoms with Crippen molar-refractivity contribution in [1.29, 1.82) is 0 Å². The van der Waals surface area contributed by atoms with E-state index in [4.69, 9.17) is 29.9 Å². The van der Waals surface area contributed by atoms with E-state index in [1.807, 2.05) is 121 Å². The first-order valence-corrected chi connectivity index (χ1v) is 22.6. The van der Waals surface area contributed by atoms with Crippen molar-refractivity contribution in [3.63, 3.8) is 0 Å². The number of fused-ring (bicyclic) bond motifs is 6. The Morgan fingerprint density at radius 2 is 0.456 bits per heavy atom. The van der Waals surface area contributed by atoms with Gasteiger partial charge in [-0.1, -0.05) is 194 Å². The van der Waals surface area contributed by atoms with E-state index < -0.39 is 0 Å². The zero-order chi connectivity index (χ0) is 45.0. The highest BCUT2D eigenvalue weighted by atomic mass is 15.1. The Bertz CT molecular complexity index is 3660. The summed E-state index contributed by atoms with van der Waals surface area (Å²) in [6, 6.07) is 79.3. The molecule has 8 nitrogen and oxygen atoms in total. The lowest BCUT2D eigenvalue weighted by Gasteiger charge is -2.21. The Labute approximate surface area is 391 Å². The monoisotopic (exact) mass is 870 g/mol. The molecule has 0 aliphatic carbocycles. The SMILES string of the molecule is c1ccc(-c2nc(-c3ccccc3)nc(-c3cc(-n4c5ccccc5c5ccccc54)c(-c4nc(-c5ccccc5)nc(-c5ccccc5)n4)c(-n4c5ccccc5c5ccccc54)c3)n2)cc1. The molecule has 13 rings (SSSR count). The van der Waals surface area contributed by atoms with Crippen LogP contribution in [0.3, 0.4) is 0 Å². The molecule has 8 heteroatoms. The van der Waals surface area contributed by atoms with Crippen molar-refractivity contribution in [2.75, 3.05) is 0 Å². The highest BCUT2D eigenvalue weighted by molar-refractivity contribution is 6.12. The summed E-state index contributed by atoms with van der Waals surface area (Å²) < 4.78 is 4.71. The number of hydrogen-bond donors (Lipinski definition) is 0. The van der Waals surface area contributed by atoms with Gasteiger partial charge in [-0.3, -0.25) is 0 Å². The molecule has 0 fully saturated rings. The van der Waals surface area contributed by atoms with Gasteiger partial charge in [0.25, 0.3) is 0 Å². The molecule has 4 heterocycles. The zero-order valence-corrected chi connectivity index (χ0v) is 36.5. The molecule has 0 unspecified atom stereocenters. The Morgan fingerprint density at radius 1 is 0.221 bits per heavy atom. The average Bonchev–Trinajstić information content (AvgIpc) is 3.94. The van der Waals surface area contributed by atoms with Gasteiger partial charge in [-0.05, 0) is 36.4 Å². The molecule has 9 aromatic carbocycles. The smallest absolute Gasteiger partial charge is 0.168 e. The normalized spacial score (nSPS) is 11.5. The molecule has 0 atom stereocenters. The molecule has 0 saturated carbocycles. The molecule has 0 amide bonds. The van der Waals surface area contributed by atoms with Crippen molar-refractivity contribution in [3.8, 4) is 79.7 Å². The maximum atomic E-state index is 5.48. The lowest BCUT2D eigenvalue weighted by atomic mass is 10.0. The predicted octanol–water partition coefficient (Wildman–Crippen LogP) is 14.3. The van der Waals surface area contributed by atoms with Crippen LogP contribution in [0.1, 0.15) is 0 Å². The van der Waals surface area contributed by atoms with Crippen LogP contribution in [0.2, 0.25) is 0 Å². The van der Waals surface area contributed by atoms with Crippen LogP contribution >= 0.6 is 0 Å². The van der Waals surface area contributed by atoms with E-state index in [1.54, 1.807) is 0 Å². The van der Waals surface area contributed by atoms with Crippen molar-refractivity contribution < 1.29 is 0 Å². The highest BCUT2D eigenvalue weighted by Crippen LogP contribution is 2.44. The van der Waals surface area contributed by atoms with Crippen LogP contribution in [0, 0.1) is 0 Å². The van der Waals surface area contributed by atoms with Crippen molar-refractivity contribution in [2.45, 2.75) is 0 Å². The Hall–Kier alpha value is -9.40. The fourth-order valence-corrected chi connectivity index (χ4v) is 9.54. The van der Waals surface area contributed by atoms with Crippen molar-refractivity contribution in [2.24, 2.45) is 0 Å². The van der Waals surface area contributed by atoms with Crippen LogP contribution in [0.4, 0.5) is 0 Å². The van der Waals surface area contributed by atoms with E-state index >= 15 is 0 Å². The third-order valence-electron chi connectivity index (χ3n) is 12.6. The Morgan fingerprint density at radius 3 is 0.750 bits per heavy atom. The van der Waals surface area contributed by atoms with Gasteiger partial charge in [0.15, 0.2) is 34.9 Å². The molecular formula is C60H38N8. The van der Waals surface area contributed by atoms with Crippen LogP contribution in [-0.4, -0.2) is 39.0 Å². The van der Waals surface area contributed by atoms with Gasteiger partial charge < -0.3 is 9.13 Å². The van der Waals surface area contributed by atoms with Gasteiger partial charge in [0.1, 0.15) is 0 Å². The number of rotatable bonds is 8. The van der Waals surface area contributed by atoms with Crippen LogP contribution < -0.4 is 0 Å². The van der Waals surface area contributed by atoms with Crippen LogP contribution in [0.5, 0.6) is 0 Å². The molecule has 0 N–H and O–H groups in total. The lowest BCUT2D eigenvalue weighted by molar-refractivity contribution is 1.05. The second kappa shape index (κ2) is 16.2. The zero-order valence-electron chi connectivity index (χ0n) is 36.5. The van der Waals surface area contributed by atoms with E-state index in [0.29, 0.717) is 34.9 Å². The van der Waals surface area contributed by atoms with Crippen molar-refractivity contribution in [3.05, 3.63) is 231 Å². The largest absolute Gasteiger partial charge is 0.308 e. The topological polar surface area (TPSA) is 87.2 Å². The van der Waals surface area contributed by atoms with Crippen molar-refractivity contribution in [1.82, 2.24) is 39.0 Å². The van der Waals surface area contributed by atoms with Gasteiger partial charge in [0.2, 0.25) is 0 Å². The van der Waals surface area contributed by atoms with Crippen molar-refractivity contribution >= 4 is 43.6 Å². The summed E-state index contributed by atoms with van der Waals surface area (Å²) in [6.07, 6.45) is 0. The molecule has 318 valence electrons. The molecule has 0 aliphatic rings. The van der Waals surface area contributed by atoms with E-state index in [9.17, 15) is 0 Å². The van der Waals surface area contributed by atoms with E-state index in [-0.39, 0.29) is 0 Å². The summed E-state index contributed by atoms with van der Waals surface area (Å²) in [6.45, 7) is 0. The first kappa shape index (κ1) is 39.0. The summed E-state index contributed by atoms with van der Waals surface area (Å²) in [5.41, 5.74) is 11.0. The van der Waals surface area contributed by atoms with Gasteiger partial charge in [-0.15, -0.1) is 0 Å². The minimum Gasteiger partial charge on any atom is -0.308 e. The molecule has 4 aromatic heterocycles. The Kier molecular flexibility index (Phi) is 9.31. The van der Waals surface area contributed by atoms with Crippen LogP contribution in [0.25, 0.3) is 123 Å². The third-order valence-corrected chi connectivity index (χ3v) is 12.6. The van der Waals surface area contributed by atoms with Crippen LogP contribution in [-0.2, 0) is 0 Å².